The fourth-order valence-electron chi connectivity index (χ4n) is 2.57. The van der Waals surface area contributed by atoms with Crippen LogP contribution in [-0.2, 0) is 20.7 Å². The smallest absolute Gasteiger partial charge is 0.357 e. The Morgan fingerprint density at radius 1 is 1.17 bits per heavy atom. The maximum absolute atomic E-state index is 12.7. The first-order valence-electron chi connectivity index (χ1n) is 9.02. The standard InChI is InChI=1S/C21H18N6O3/c1-15-24-25-26-27(15)19(13-17-5-3-2-4-6-17)21(29)30-14-20(28)23-18-9-7-16(8-10-18)11-12-22/h2-10,13H,11,14H2,1H3,(H,23,28)/b19-13-. The zero-order chi connectivity index (χ0) is 21.3. The average Bonchev–Trinajstić information content (AvgIpc) is 3.18. The van der Waals surface area contributed by atoms with E-state index in [4.69, 9.17) is 10.00 Å². The molecule has 2 aromatic carbocycles. The number of aromatic nitrogens is 4. The third-order valence-electron chi connectivity index (χ3n) is 4.02. The summed E-state index contributed by atoms with van der Waals surface area (Å²) in [4.78, 5) is 24.8. The van der Waals surface area contributed by atoms with E-state index in [-0.39, 0.29) is 5.70 Å². The molecule has 0 bridgehead atoms. The highest BCUT2D eigenvalue weighted by atomic mass is 16.5. The van der Waals surface area contributed by atoms with Gasteiger partial charge in [-0.15, -0.1) is 5.10 Å². The Kier molecular flexibility index (Phi) is 6.63. The number of benzene rings is 2. The highest BCUT2D eigenvalue weighted by molar-refractivity contribution is 6.15. The highest BCUT2D eigenvalue weighted by Crippen LogP contribution is 2.14. The van der Waals surface area contributed by atoms with Gasteiger partial charge in [0.2, 0.25) is 0 Å². The Hall–Kier alpha value is -4.32. The van der Waals surface area contributed by atoms with Crippen LogP contribution in [0.25, 0.3) is 11.8 Å². The molecule has 0 atom stereocenters. The van der Waals surface area contributed by atoms with Crippen molar-refractivity contribution in [2.45, 2.75) is 13.3 Å². The van der Waals surface area contributed by atoms with Crippen molar-refractivity contribution >= 4 is 29.3 Å². The number of nitriles is 1. The van der Waals surface area contributed by atoms with E-state index >= 15 is 0 Å². The van der Waals surface area contributed by atoms with Crippen molar-refractivity contribution < 1.29 is 14.3 Å². The monoisotopic (exact) mass is 402 g/mol. The van der Waals surface area contributed by atoms with Crippen molar-refractivity contribution in [3.63, 3.8) is 0 Å². The molecular formula is C21H18N6O3. The Morgan fingerprint density at radius 3 is 2.53 bits per heavy atom. The lowest BCUT2D eigenvalue weighted by molar-refractivity contribution is -0.141. The number of carbonyl (C=O) groups excluding carboxylic acids is 2. The second kappa shape index (κ2) is 9.75. The minimum Gasteiger partial charge on any atom is -0.451 e. The molecule has 0 spiro atoms. The first kappa shape index (κ1) is 20.4. The lowest BCUT2D eigenvalue weighted by atomic mass is 10.1. The van der Waals surface area contributed by atoms with Crippen molar-refractivity contribution in [3.05, 3.63) is 71.5 Å². The number of anilines is 1. The van der Waals surface area contributed by atoms with E-state index in [1.165, 1.54) is 4.68 Å². The minimum atomic E-state index is -0.742. The molecule has 1 N–H and O–H groups in total. The third kappa shape index (κ3) is 5.36. The van der Waals surface area contributed by atoms with Crippen LogP contribution in [-0.4, -0.2) is 38.7 Å². The first-order chi connectivity index (χ1) is 14.6. The van der Waals surface area contributed by atoms with Gasteiger partial charge in [-0.2, -0.15) is 9.94 Å². The first-order valence-corrected chi connectivity index (χ1v) is 9.02. The zero-order valence-corrected chi connectivity index (χ0v) is 16.1. The summed E-state index contributed by atoms with van der Waals surface area (Å²) < 4.78 is 6.42. The van der Waals surface area contributed by atoms with Crippen molar-refractivity contribution in [2.75, 3.05) is 11.9 Å². The number of esters is 1. The summed E-state index contributed by atoms with van der Waals surface area (Å²) in [7, 11) is 0. The van der Waals surface area contributed by atoms with Crippen molar-refractivity contribution in [2.24, 2.45) is 0 Å². The molecule has 30 heavy (non-hydrogen) atoms. The molecule has 0 saturated heterocycles. The molecule has 0 radical (unpaired) electrons. The van der Waals surface area contributed by atoms with Crippen molar-refractivity contribution in [1.82, 2.24) is 20.2 Å². The minimum absolute atomic E-state index is 0.0809. The van der Waals surface area contributed by atoms with E-state index in [1.807, 2.05) is 30.3 Å². The number of rotatable bonds is 7. The maximum atomic E-state index is 12.7. The van der Waals surface area contributed by atoms with Gasteiger partial charge in [-0.05, 0) is 46.7 Å². The van der Waals surface area contributed by atoms with Crippen molar-refractivity contribution in [1.29, 1.82) is 5.26 Å². The molecule has 1 aromatic heterocycles. The molecule has 1 heterocycles. The molecule has 3 rings (SSSR count). The molecule has 150 valence electrons. The van der Waals surface area contributed by atoms with Crippen LogP contribution < -0.4 is 5.32 Å². The zero-order valence-electron chi connectivity index (χ0n) is 16.1. The Bertz CT molecular complexity index is 1100. The van der Waals surface area contributed by atoms with Crippen LogP contribution in [0.15, 0.2) is 54.6 Å². The summed E-state index contributed by atoms with van der Waals surface area (Å²) in [5.41, 5.74) is 2.21. The second-order valence-corrected chi connectivity index (χ2v) is 6.23. The van der Waals surface area contributed by atoms with Gasteiger partial charge in [-0.3, -0.25) is 4.79 Å². The normalized spacial score (nSPS) is 10.9. The predicted octanol–water partition coefficient (Wildman–Crippen LogP) is 2.23. The van der Waals surface area contributed by atoms with E-state index in [0.29, 0.717) is 17.9 Å². The molecule has 9 heteroatoms. The maximum Gasteiger partial charge on any atom is 0.357 e. The molecule has 0 aliphatic heterocycles. The van der Waals surface area contributed by atoms with E-state index in [1.54, 1.807) is 37.3 Å². The number of nitrogens with zero attached hydrogens (tertiary/aromatic N) is 5. The quantitative estimate of drug-likeness (QED) is 0.475. The Labute approximate surface area is 172 Å². The van der Waals surface area contributed by atoms with E-state index in [2.05, 4.69) is 26.9 Å². The highest BCUT2D eigenvalue weighted by Gasteiger charge is 2.19. The second-order valence-electron chi connectivity index (χ2n) is 6.23. The molecule has 0 saturated carbocycles. The number of ether oxygens (including phenoxy) is 1. The van der Waals surface area contributed by atoms with Crippen LogP contribution in [0.2, 0.25) is 0 Å². The molecule has 0 fully saturated rings. The van der Waals surface area contributed by atoms with Crippen molar-refractivity contribution in [3.8, 4) is 6.07 Å². The summed E-state index contributed by atoms with van der Waals surface area (Å²) in [5.74, 6) is -0.839. The summed E-state index contributed by atoms with van der Waals surface area (Å²) in [6.07, 6.45) is 1.87. The topological polar surface area (TPSA) is 123 Å². The number of aryl methyl sites for hydroxylation is 1. The van der Waals surface area contributed by atoms with Gasteiger partial charge >= 0.3 is 5.97 Å². The summed E-state index contributed by atoms with van der Waals surface area (Å²) in [6.45, 7) is 1.17. The SMILES string of the molecule is Cc1nnnn1/C(=C\c1ccccc1)C(=O)OCC(=O)Nc1ccc(CC#N)cc1. The van der Waals surface area contributed by atoms with Gasteiger partial charge in [0.05, 0.1) is 12.5 Å². The number of amides is 1. The Balaban J connectivity index is 1.67. The van der Waals surface area contributed by atoms with Gasteiger partial charge in [0.15, 0.2) is 18.1 Å². The van der Waals surface area contributed by atoms with E-state index < -0.39 is 18.5 Å². The number of hydrogen-bond donors (Lipinski definition) is 1. The largest absolute Gasteiger partial charge is 0.451 e. The molecule has 0 aliphatic carbocycles. The molecule has 0 unspecified atom stereocenters. The van der Waals surface area contributed by atoms with Gasteiger partial charge in [0.1, 0.15) is 0 Å². The summed E-state index contributed by atoms with van der Waals surface area (Å²) in [6, 6.07) is 18.0. The van der Waals surface area contributed by atoms with E-state index in [9.17, 15) is 9.59 Å². The molecular weight excluding hydrogens is 384 g/mol. The number of carbonyl (C=O) groups is 2. The van der Waals surface area contributed by atoms with Gasteiger partial charge in [-0.1, -0.05) is 42.5 Å². The third-order valence-corrected chi connectivity index (χ3v) is 4.02. The molecule has 3 aromatic rings. The van der Waals surface area contributed by atoms with Gasteiger partial charge < -0.3 is 10.1 Å². The van der Waals surface area contributed by atoms with Crippen LogP contribution in [0.5, 0.6) is 0 Å². The summed E-state index contributed by atoms with van der Waals surface area (Å²) in [5, 5.41) is 22.5. The number of hydrogen-bond acceptors (Lipinski definition) is 7. The van der Waals surface area contributed by atoms with Crippen LogP contribution in [0.1, 0.15) is 17.0 Å². The van der Waals surface area contributed by atoms with Crippen LogP contribution in [0, 0.1) is 18.3 Å². The van der Waals surface area contributed by atoms with Gasteiger partial charge in [0.25, 0.3) is 5.91 Å². The van der Waals surface area contributed by atoms with E-state index in [0.717, 1.165) is 11.1 Å². The van der Waals surface area contributed by atoms with Crippen LogP contribution in [0.4, 0.5) is 5.69 Å². The molecule has 0 aliphatic rings. The lowest BCUT2D eigenvalue weighted by Crippen LogP contribution is -2.23. The van der Waals surface area contributed by atoms with Crippen LogP contribution >= 0.6 is 0 Å². The Morgan fingerprint density at radius 2 is 1.90 bits per heavy atom. The average molecular weight is 402 g/mol. The fourth-order valence-corrected chi connectivity index (χ4v) is 2.57. The van der Waals surface area contributed by atoms with Gasteiger partial charge in [-0.25, -0.2) is 4.79 Å². The summed E-state index contributed by atoms with van der Waals surface area (Å²) >= 11 is 0. The number of nitrogens with one attached hydrogen (secondary N) is 1. The lowest BCUT2D eigenvalue weighted by Gasteiger charge is -2.10. The molecule has 1 amide bonds. The fraction of sp³-hybridized carbons (Fsp3) is 0.143. The van der Waals surface area contributed by atoms with Crippen LogP contribution in [0.3, 0.4) is 0 Å². The molecule has 9 nitrogen and oxygen atoms in total. The van der Waals surface area contributed by atoms with Gasteiger partial charge in [0, 0.05) is 5.69 Å². The number of tetrazole rings is 1. The predicted molar refractivity (Wildman–Crippen MR) is 109 cm³/mol.